The average molecular weight is 276 g/mol. The molecule has 0 aliphatic carbocycles. The lowest BCUT2D eigenvalue weighted by Gasteiger charge is -2.12. The maximum absolute atomic E-state index is 12.2. The van der Waals surface area contributed by atoms with E-state index in [1.807, 2.05) is 33.7 Å². The second-order valence-electron chi connectivity index (χ2n) is 4.65. The third kappa shape index (κ3) is 2.49. The van der Waals surface area contributed by atoms with E-state index in [2.05, 4.69) is 4.98 Å². The van der Waals surface area contributed by atoms with Crippen molar-refractivity contribution in [1.29, 1.82) is 0 Å². The molecule has 5 heteroatoms. The van der Waals surface area contributed by atoms with Crippen LogP contribution in [0.3, 0.4) is 0 Å². The highest BCUT2D eigenvalue weighted by molar-refractivity contribution is 6.30. The number of carbonyl (C=O) groups is 1. The first-order valence-corrected chi connectivity index (χ1v) is 6.71. The summed E-state index contributed by atoms with van der Waals surface area (Å²) in [5, 5.41) is 0.665. The fraction of sp³-hybridized carbons (Fsp3) is 0.286. The molecule has 1 fully saturated rings. The van der Waals surface area contributed by atoms with Crippen LogP contribution in [0.2, 0.25) is 5.02 Å². The quantitative estimate of drug-likeness (QED) is 0.845. The predicted molar refractivity (Wildman–Crippen MR) is 73.7 cm³/mol. The molecule has 0 N–H and O–H groups in total. The number of likely N-dealkylation sites (tertiary alicyclic amines) is 1. The molecule has 1 saturated heterocycles. The number of nitrogens with zero attached hydrogens (tertiary/aromatic N) is 3. The zero-order chi connectivity index (χ0) is 13.2. The molecule has 0 atom stereocenters. The number of aromatic nitrogens is 2. The van der Waals surface area contributed by atoms with Crippen molar-refractivity contribution in [2.75, 3.05) is 13.1 Å². The molecule has 1 aromatic heterocycles. The minimum Gasteiger partial charge on any atom is -0.337 e. The van der Waals surface area contributed by atoms with E-state index in [4.69, 9.17) is 11.6 Å². The Kier molecular flexibility index (Phi) is 3.25. The minimum absolute atomic E-state index is 0.0123. The molecule has 1 aliphatic rings. The second-order valence-corrected chi connectivity index (χ2v) is 5.08. The lowest BCUT2D eigenvalue weighted by atomic mass is 10.3. The van der Waals surface area contributed by atoms with Gasteiger partial charge in [0.05, 0.1) is 0 Å². The van der Waals surface area contributed by atoms with Gasteiger partial charge >= 0.3 is 0 Å². The Balaban J connectivity index is 1.85. The number of amides is 1. The molecule has 0 unspecified atom stereocenters. The van der Waals surface area contributed by atoms with Crippen molar-refractivity contribution in [3.63, 3.8) is 0 Å². The lowest BCUT2D eigenvalue weighted by molar-refractivity contribution is 0.0787. The highest BCUT2D eigenvalue weighted by Gasteiger charge is 2.21. The van der Waals surface area contributed by atoms with Crippen LogP contribution in [-0.4, -0.2) is 33.4 Å². The normalized spacial score (nSPS) is 14.9. The topological polar surface area (TPSA) is 38.1 Å². The molecule has 4 nitrogen and oxygen atoms in total. The molecule has 0 bridgehead atoms. The number of benzene rings is 1. The lowest BCUT2D eigenvalue weighted by Crippen LogP contribution is -2.27. The summed E-state index contributed by atoms with van der Waals surface area (Å²) in [6.45, 7) is 1.67. The van der Waals surface area contributed by atoms with Crippen molar-refractivity contribution in [2.24, 2.45) is 0 Å². The van der Waals surface area contributed by atoms with Crippen LogP contribution in [-0.2, 0) is 0 Å². The standard InChI is InChI=1S/C14H14ClN3O/c15-11-4-3-5-12(8-11)18-9-13(16-10-18)14(19)17-6-1-2-7-17/h3-5,8-10H,1-2,6-7H2. The molecule has 0 spiro atoms. The fourth-order valence-corrected chi connectivity index (χ4v) is 2.48. The first-order valence-electron chi connectivity index (χ1n) is 6.33. The van der Waals surface area contributed by atoms with Crippen LogP contribution in [0.4, 0.5) is 0 Å². The van der Waals surface area contributed by atoms with Crippen LogP contribution >= 0.6 is 11.6 Å². The van der Waals surface area contributed by atoms with Gasteiger partial charge in [0.1, 0.15) is 12.0 Å². The maximum Gasteiger partial charge on any atom is 0.274 e. The molecule has 2 heterocycles. The Labute approximate surface area is 116 Å². The molecule has 19 heavy (non-hydrogen) atoms. The van der Waals surface area contributed by atoms with Crippen LogP contribution in [0.25, 0.3) is 5.69 Å². The Morgan fingerprint density at radius 3 is 2.79 bits per heavy atom. The monoisotopic (exact) mass is 275 g/mol. The van der Waals surface area contributed by atoms with Gasteiger partial charge in [-0.3, -0.25) is 4.79 Å². The smallest absolute Gasteiger partial charge is 0.274 e. The van der Waals surface area contributed by atoms with Gasteiger partial charge in [-0.15, -0.1) is 0 Å². The van der Waals surface area contributed by atoms with E-state index in [0.29, 0.717) is 10.7 Å². The summed E-state index contributed by atoms with van der Waals surface area (Å²) in [4.78, 5) is 18.2. The number of hydrogen-bond acceptors (Lipinski definition) is 2. The third-order valence-corrected chi connectivity index (χ3v) is 3.54. The van der Waals surface area contributed by atoms with Crippen LogP contribution in [0.15, 0.2) is 36.8 Å². The molecule has 0 radical (unpaired) electrons. The highest BCUT2D eigenvalue weighted by Crippen LogP contribution is 2.16. The number of imidazole rings is 1. The van der Waals surface area contributed by atoms with E-state index in [1.165, 1.54) is 0 Å². The molecule has 0 saturated carbocycles. The summed E-state index contributed by atoms with van der Waals surface area (Å²) >= 11 is 5.96. The zero-order valence-corrected chi connectivity index (χ0v) is 11.2. The summed E-state index contributed by atoms with van der Waals surface area (Å²) in [7, 11) is 0. The van der Waals surface area contributed by atoms with E-state index >= 15 is 0 Å². The molecule has 1 aliphatic heterocycles. The summed E-state index contributed by atoms with van der Waals surface area (Å²) < 4.78 is 1.81. The summed E-state index contributed by atoms with van der Waals surface area (Å²) in [5.41, 5.74) is 1.39. The van der Waals surface area contributed by atoms with Gasteiger partial charge in [-0.1, -0.05) is 17.7 Å². The molecule has 98 valence electrons. The first kappa shape index (κ1) is 12.2. The largest absolute Gasteiger partial charge is 0.337 e. The van der Waals surface area contributed by atoms with Gasteiger partial charge in [-0.05, 0) is 31.0 Å². The first-order chi connectivity index (χ1) is 9.24. The average Bonchev–Trinajstić information content (AvgIpc) is 3.10. The summed E-state index contributed by atoms with van der Waals surface area (Å²) in [6.07, 6.45) is 5.57. The number of halogens is 1. The van der Waals surface area contributed by atoms with Crippen molar-refractivity contribution in [3.8, 4) is 5.69 Å². The summed E-state index contributed by atoms with van der Waals surface area (Å²) in [6, 6.07) is 7.46. The van der Waals surface area contributed by atoms with Gasteiger partial charge in [0.15, 0.2) is 0 Å². The van der Waals surface area contributed by atoms with Crippen LogP contribution in [0.5, 0.6) is 0 Å². The zero-order valence-electron chi connectivity index (χ0n) is 10.4. The van der Waals surface area contributed by atoms with Gasteiger partial charge in [-0.25, -0.2) is 4.98 Å². The Morgan fingerprint density at radius 1 is 1.26 bits per heavy atom. The maximum atomic E-state index is 12.2. The van der Waals surface area contributed by atoms with Gasteiger partial charge in [0, 0.05) is 30.0 Å². The van der Waals surface area contributed by atoms with Crippen molar-refractivity contribution in [3.05, 3.63) is 47.5 Å². The van der Waals surface area contributed by atoms with Crippen LogP contribution in [0.1, 0.15) is 23.3 Å². The highest BCUT2D eigenvalue weighted by atomic mass is 35.5. The second kappa shape index (κ2) is 5.05. The Bertz CT molecular complexity index is 602. The van der Waals surface area contributed by atoms with Gasteiger partial charge < -0.3 is 9.47 Å². The predicted octanol–water partition coefficient (Wildman–Crippen LogP) is 2.76. The van der Waals surface area contributed by atoms with Gasteiger partial charge in [-0.2, -0.15) is 0 Å². The van der Waals surface area contributed by atoms with Gasteiger partial charge in [0.2, 0.25) is 0 Å². The molecule has 2 aromatic rings. The Morgan fingerprint density at radius 2 is 2.05 bits per heavy atom. The SMILES string of the molecule is O=C(c1cn(-c2cccc(Cl)c2)cn1)N1CCCC1. The number of carbonyl (C=O) groups excluding carboxylic acids is 1. The van der Waals surface area contributed by atoms with Crippen molar-refractivity contribution in [2.45, 2.75) is 12.8 Å². The fourth-order valence-electron chi connectivity index (χ4n) is 2.29. The Hall–Kier alpha value is -1.81. The van der Waals surface area contributed by atoms with Crippen LogP contribution in [0, 0.1) is 0 Å². The number of hydrogen-bond donors (Lipinski definition) is 0. The molecule has 1 amide bonds. The van der Waals surface area contributed by atoms with E-state index in [-0.39, 0.29) is 5.91 Å². The number of rotatable bonds is 2. The van der Waals surface area contributed by atoms with Crippen molar-refractivity contribution >= 4 is 17.5 Å². The minimum atomic E-state index is 0.0123. The van der Waals surface area contributed by atoms with Crippen molar-refractivity contribution < 1.29 is 4.79 Å². The van der Waals surface area contributed by atoms with E-state index in [1.54, 1.807) is 12.5 Å². The molecule has 3 rings (SSSR count). The molecular weight excluding hydrogens is 262 g/mol. The van der Waals surface area contributed by atoms with Crippen LogP contribution < -0.4 is 0 Å². The summed E-state index contributed by atoms with van der Waals surface area (Å²) in [5.74, 6) is 0.0123. The van der Waals surface area contributed by atoms with E-state index < -0.39 is 0 Å². The third-order valence-electron chi connectivity index (χ3n) is 3.30. The van der Waals surface area contributed by atoms with E-state index in [9.17, 15) is 4.79 Å². The molecule has 1 aromatic carbocycles. The van der Waals surface area contributed by atoms with E-state index in [0.717, 1.165) is 31.6 Å². The molecular formula is C14H14ClN3O. The van der Waals surface area contributed by atoms with Gasteiger partial charge in [0.25, 0.3) is 5.91 Å². The van der Waals surface area contributed by atoms with Crippen molar-refractivity contribution in [1.82, 2.24) is 14.5 Å².